The highest BCUT2D eigenvalue weighted by Gasteiger charge is 2.32. The van der Waals surface area contributed by atoms with Crippen molar-refractivity contribution in [3.05, 3.63) is 71.5 Å². The van der Waals surface area contributed by atoms with Crippen molar-refractivity contribution in [3.8, 4) is 5.75 Å². The molecule has 5 rings (SSSR count). The van der Waals surface area contributed by atoms with Crippen molar-refractivity contribution in [1.82, 2.24) is 30.0 Å². The molecule has 0 unspecified atom stereocenters. The van der Waals surface area contributed by atoms with E-state index in [4.69, 9.17) is 4.74 Å². The van der Waals surface area contributed by atoms with Crippen molar-refractivity contribution in [2.45, 2.75) is 50.7 Å². The van der Waals surface area contributed by atoms with Gasteiger partial charge in [0.05, 0.1) is 19.7 Å². The van der Waals surface area contributed by atoms with Crippen molar-refractivity contribution >= 4 is 0 Å². The molecule has 174 valence electrons. The lowest BCUT2D eigenvalue weighted by Gasteiger charge is -2.43. The van der Waals surface area contributed by atoms with E-state index in [0.717, 1.165) is 49.4 Å². The van der Waals surface area contributed by atoms with Crippen molar-refractivity contribution in [2.75, 3.05) is 33.3 Å². The molecule has 2 heterocycles. The maximum atomic E-state index is 5.30. The standard InChI is InChI=1S/C26H34N6O/c1-33-24-14-12-21(13-15-24)20-32-26(27-28-29-32)25(22-8-4-2-5-9-22)31-18-16-30(17-19-31)23-10-6-3-7-11-23/h2,4-5,8-9,12-15,23,25H,3,6-7,10-11,16-20H2,1H3/t25-/m1/s1. The van der Waals surface area contributed by atoms with E-state index < -0.39 is 0 Å². The fourth-order valence-corrected chi connectivity index (χ4v) is 5.39. The van der Waals surface area contributed by atoms with Crippen LogP contribution in [-0.2, 0) is 6.54 Å². The lowest BCUT2D eigenvalue weighted by atomic mass is 9.93. The Hall–Kier alpha value is -2.77. The highest BCUT2D eigenvalue weighted by atomic mass is 16.5. The van der Waals surface area contributed by atoms with Gasteiger partial charge in [0.25, 0.3) is 0 Å². The molecule has 3 aromatic rings. The highest BCUT2D eigenvalue weighted by molar-refractivity contribution is 5.28. The molecule has 0 N–H and O–H groups in total. The average molecular weight is 447 g/mol. The summed E-state index contributed by atoms with van der Waals surface area (Å²) in [5.74, 6) is 1.76. The molecule has 1 aromatic heterocycles. The van der Waals surface area contributed by atoms with Crippen LogP contribution < -0.4 is 4.74 Å². The second kappa shape index (κ2) is 10.4. The summed E-state index contributed by atoms with van der Waals surface area (Å²) in [7, 11) is 1.69. The Bertz CT molecular complexity index is 991. The van der Waals surface area contributed by atoms with Gasteiger partial charge in [0.2, 0.25) is 0 Å². The van der Waals surface area contributed by atoms with Crippen molar-refractivity contribution < 1.29 is 4.74 Å². The number of tetrazole rings is 1. The number of piperazine rings is 1. The Labute approximate surface area is 196 Å². The topological polar surface area (TPSA) is 59.3 Å². The number of hydrogen-bond donors (Lipinski definition) is 0. The minimum absolute atomic E-state index is 0.0490. The van der Waals surface area contributed by atoms with Crippen molar-refractivity contribution in [1.29, 1.82) is 0 Å². The van der Waals surface area contributed by atoms with Gasteiger partial charge in [0, 0.05) is 32.2 Å². The van der Waals surface area contributed by atoms with E-state index >= 15 is 0 Å². The summed E-state index contributed by atoms with van der Waals surface area (Å²) in [6.45, 7) is 4.94. The number of aromatic nitrogens is 4. The first-order chi connectivity index (χ1) is 16.3. The summed E-state index contributed by atoms with van der Waals surface area (Å²) in [5, 5.41) is 13.0. The second-order valence-electron chi connectivity index (χ2n) is 9.22. The molecule has 2 aliphatic rings. The lowest BCUT2D eigenvalue weighted by Crippen LogP contribution is -2.52. The Kier molecular flexibility index (Phi) is 6.98. The zero-order chi connectivity index (χ0) is 22.5. The predicted molar refractivity (Wildman–Crippen MR) is 128 cm³/mol. The van der Waals surface area contributed by atoms with Gasteiger partial charge in [-0.15, -0.1) is 5.10 Å². The van der Waals surface area contributed by atoms with E-state index in [9.17, 15) is 0 Å². The maximum absolute atomic E-state index is 5.30. The molecule has 0 radical (unpaired) electrons. The van der Waals surface area contributed by atoms with Gasteiger partial charge >= 0.3 is 0 Å². The molecule has 7 heteroatoms. The molecule has 33 heavy (non-hydrogen) atoms. The summed E-state index contributed by atoms with van der Waals surface area (Å²) in [4.78, 5) is 5.28. The first-order valence-corrected chi connectivity index (χ1v) is 12.2. The molecular weight excluding hydrogens is 412 g/mol. The van der Waals surface area contributed by atoms with Gasteiger partial charge in [-0.3, -0.25) is 9.80 Å². The molecule has 0 spiro atoms. The van der Waals surface area contributed by atoms with E-state index in [1.54, 1.807) is 7.11 Å². The Morgan fingerprint density at radius 2 is 1.64 bits per heavy atom. The molecule has 0 amide bonds. The zero-order valence-electron chi connectivity index (χ0n) is 19.5. The van der Waals surface area contributed by atoms with Crippen LogP contribution in [0.4, 0.5) is 0 Å². The fraction of sp³-hybridized carbons (Fsp3) is 0.500. The van der Waals surface area contributed by atoms with E-state index in [1.165, 1.54) is 37.7 Å². The maximum Gasteiger partial charge on any atom is 0.173 e. The van der Waals surface area contributed by atoms with Crippen LogP contribution in [0.25, 0.3) is 0 Å². The van der Waals surface area contributed by atoms with Crippen LogP contribution in [-0.4, -0.2) is 69.3 Å². The highest BCUT2D eigenvalue weighted by Crippen LogP contribution is 2.30. The fourth-order valence-electron chi connectivity index (χ4n) is 5.39. The first kappa shape index (κ1) is 22.0. The van der Waals surface area contributed by atoms with Crippen LogP contribution in [0.2, 0.25) is 0 Å². The van der Waals surface area contributed by atoms with E-state index in [2.05, 4.69) is 67.8 Å². The van der Waals surface area contributed by atoms with Crippen LogP contribution in [0.5, 0.6) is 5.75 Å². The van der Waals surface area contributed by atoms with E-state index in [-0.39, 0.29) is 6.04 Å². The van der Waals surface area contributed by atoms with Gasteiger partial charge in [-0.2, -0.15) is 0 Å². The summed E-state index contributed by atoms with van der Waals surface area (Å²) in [6, 6.07) is 19.6. The number of nitrogens with zero attached hydrogens (tertiary/aromatic N) is 6. The molecule has 1 aliphatic carbocycles. The number of benzene rings is 2. The van der Waals surface area contributed by atoms with Gasteiger partial charge in [-0.05, 0) is 46.5 Å². The Morgan fingerprint density at radius 3 is 2.33 bits per heavy atom. The number of hydrogen-bond acceptors (Lipinski definition) is 6. The molecule has 1 aliphatic heterocycles. The lowest BCUT2D eigenvalue weighted by molar-refractivity contribution is 0.0620. The minimum Gasteiger partial charge on any atom is -0.497 e. The molecule has 2 aromatic carbocycles. The number of ether oxygens (including phenoxy) is 1. The van der Waals surface area contributed by atoms with Gasteiger partial charge in [-0.1, -0.05) is 61.7 Å². The van der Waals surface area contributed by atoms with Crippen LogP contribution in [0.15, 0.2) is 54.6 Å². The van der Waals surface area contributed by atoms with E-state index in [0.29, 0.717) is 6.54 Å². The second-order valence-corrected chi connectivity index (χ2v) is 9.22. The normalized spacial score (nSPS) is 19.4. The monoisotopic (exact) mass is 446 g/mol. The molecule has 1 atom stereocenters. The van der Waals surface area contributed by atoms with Crippen LogP contribution in [0.1, 0.15) is 55.1 Å². The summed E-state index contributed by atoms with van der Waals surface area (Å²) in [6.07, 6.45) is 6.91. The molecule has 1 saturated heterocycles. The van der Waals surface area contributed by atoms with Crippen LogP contribution in [0, 0.1) is 0 Å². The third-order valence-electron chi connectivity index (χ3n) is 7.22. The van der Waals surface area contributed by atoms with Crippen LogP contribution in [0.3, 0.4) is 0 Å². The van der Waals surface area contributed by atoms with Gasteiger partial charge < -0.3 is 4.74 Å². The summed E-state index contributed by atoms with van der Waals surface area (Å²) >= 11 is 0. The molecule has 7 nitrogen and oxygen atoms in total. The molecule has 2 fully saturated rings. The quantitative estimate of drug-likeness (QED) is 0.551. The molecular formula is C26H34N6O. The third kappa shape index (κ3) is 5.09. The third-order valence-corrected chi connectivity index (χ3v) is 7.22. The zero-order valence-corrected chi connectivity index (χ0v) is 19.5. The first-order valence-electron chi connectivity index (χ1n) is 12.2. The minimum atomic E-state index is 0.0490. The molecule has 0 bridgehead atoms. The smallest absolute Gasteiger partial charge is 0.173 e. The molecule has 1 saturated carbocycles. The van der Waals surface area contributed by atoms with Gasteiger partial charge in [-0.25, -0.2) is 4.68 Å². The Balaban J connectivity index is 1.36. The summed E-state index contributed by atoms with van der Waals surface area (Å²) in [5.41, 5.74) is 2.40. The average Bonchev–Trinajstić information content (AvgIpc) is 3.34. The van der Waals surface area contributed by atoms with Crippen LogP contribution >= 0.6 is 0 Å². The summed E-state index contributed by atoms with van der Waals surface area (Å²) < 4.78 is 7.25. The number of methoxy groups -OCH3 is 1. The Morgan fingerprint density at radius 1 is 0.909 bits per heavy atom. The van der Waals surface area contributed by atoms with Gasteiger partial charge in [0.15, 0.2) is 5.82 Å². The van der Waals surface area contributed by atoms with Gasteiger partial charge in [0.1, 0.15) is 5.75 Å². The number of rotatable bonds is 7. The van der Waals surface area contributed by atoms with Crippen molar-refractivity contribution in [3.63, 3.8) is 0 Å². The SMILES string of the molecule is COc1ccc(Cn2nnnc2[C@@H](c2ccccc2)N2CCN(C3CCCCC3)CC2)cc1. The predicted octanol–water partition coefficient (Wildman–Crippen LogP) is 3.77. The van der Waals surface area contributed by atoms with Crippen molar-refractivity contribution in [2.24, 2.45) is 0 Å². The van der Waals surface area contributed by atoms with E-state index in [1.807, 2.05) is 16.8 Å². The largest absolute Gasteiger partial charge is 0.497 e.